The molecule has 1 saturated heterocycles. The van der Waals surface area contributed by atoms with Crippen LogP contribution in [0, 0.1) is 5.92 Å². The van der Waals surface area contributed by atoms with E-state index in [0.717, 1.165) is 17.9 Å². The Labute approximate surface area is 100 Å². The molecule has 3 heteroatoms. The Bertz CT molecular complexity index is 329. The highest BCUT2D eigenvalue weighted by Crippen LogP contribution is 2.31. The van der Waals surface area contributed by atoms with Gasteiger partial charge >= 0.3 is 0 Å². The summed E-state index contributed by atoms with van der Waals surface area (Å²) in [4.78, 5) is 0. The zero-order chi connectivity index (χ0) is 10.7. The van der Waals surface area contributed by atoms with E-state index in [0.29, 0.717) is 11.3 Å². The number of hydrogen-bond donors (Lipinski definition) is 0. The predicted octanol–water partition coefficient (Wildman–Crippen LogP) is 3.21. The van der Waals surface area contributed by atoms with Gasteiger partial charge in [-0.1, -0.05) is 12.1 Å². The number of hydrogen-bond acceptors (Lipinski definition) is 2. The molecule has 0 bridgehead atoms. The van der Waals surface area contributed by atoms with Crippen molar-refractivity contribution in [3.05, 3.63) is 29.8 Å². The molecular formula is C12H15ClOS. The number of methoxy groups -OCH3 is 1. The first kappa shape index (κ1) is 11.2. The summed E-state index contributed by atoms with van der Waals surface area (Å²) in [7, 11) is 1.70. The average Bonchev–Trinajstić information content (AvgIpc) is 2.65. The van der Waals surface area contributed by atoms with Crippen LogP contribution in [-0.2, 0) is 6.42 Å². The molecule has 1 nitrogen and oxygen atoms in total. The van der Waals surface area contributed by atoms with Gasteiger partial charge in [-0.15, -0.1) is 11.6 Å². The average molecular weight is 243 g/mol. The fourth-order valence-corrected chi connectivity index (χ4v) is 3.70. The van der Waals surface area contributed by atoms with Crippen LogP contribution in [0.3, 0.4) is 0 Å². The molecule has 1 aromatic rings. The molecule has 0 spiro atoms. The lowest BCUT2D eigenvalue weighted by Crippen LogP contribution is -2.14. The SMILES string of the molecule is COc1cccc(CC2CSCC2Cl)c1. The summed E-state index contributed by atoms with van der Waals surface area (Å²) >= 11 is 8.21. The number of thioether (sulfide) groups is 1. The molecular weight excluding hydrogens is 228 g/mol. The van der Waals surface area contributed by atoms with Gasteiger partial charge in [-0.25, -0.2) is 0 Å². The van der Waals surface area contributed by atoms with Crippen LogP contribution in [0.15, 0.2) is 24.3 Å². The number of halogens is 1. The van der Waals surface area contributed by atoms with E-state index in [1.807, 2.05) is 23.9 Å². The van der Waals surface area contributed by atoms with Crippen LogP contribution in [0.5, 0.6) is 5.75 Å². The molecule has 0 amide bonds. The summed E-state index contributed by atoms with van der Waals surface area (Å²) < 4.78 is 5.21. The maximum Gasteiger partial charge on any atom is 0.119 e. The molecule has 1 heterocycles. The summed E-state index contributed by atoms with van der Waals surface area (Å²) in [5, 5.41) is 0.334. The second-order valence-electron chi connectivity index (χ2n) is 3.87. The van der Waals surface area contributed by atoms with Crippen LogP contribution in [0.4, 0.5) is 0 Å². The summed E-state index contributed by atoms with van der Waals surface area (Å²) in [6.45, 7) is 0. The predicted molar refractivity (Wildman–Crippen MR) is 67.2 cm³/mol. The second kappa shape index (κ2) is 5.13. The van der Waals surface area contributed by atoms with Gasteiger partial charge in [-0.2, -0.15) is 11.8 Å². The minimum Gasteiger partial charge on any atom is -0.497 e. The zero-order valence-corrected chi connectivity index (χ0v) is 10.4. The van der Waals surface area contributed by atoms with Gasteiger partial charge in [0, 0.05) is 11.1 Å². The van der Waals surface area contributed by atoms with Gasteiger partial charge < -0.3 is 4.74 Å². The normalized spacial score (nSPS) is 25.5. The van der Waals surface area contributed by atoms with Gasteiger partial charge in [0.05, 0.1) is 7.11 Å². The van der Waals surface area contributed by atoms with Crippen molar-refractivity contribution < 1.29 is 4.74 Å². The van der Waals surface area contributed by atoms with E-state index in [-0.39, 0.29) is 0 Å². The van der Waals surface area contributed by atoms with Gasteiger partial charge in [0.15, 0.2) is 0 Å². The van der Waals surface area contributed by atoms with E-state index in [1.54, 1.807) is 7.11 Å². The van der Waals surface area contributed by atoms with Crippen LogP contribution in [0.25, 0.3) is 0 Å². The molecule has 0 N–H and O–H groups in total. The Balaban J connectivity index is 2.03. The van der Waals surface area contributed by atoms with Crippen molar-refractivity contribution in [3.8, 4) is 5.75 Å². The number of rotatable bonds is 3. The van der Waals surface area contributed by atoms with E-state index < -0.39 is 0 Å². The van der Waals surface area contributed by atoms with Crippen molar-refractivity contribution in [3.63, 3.8) is 0 Å². The Kier molecular flexibility index (Phi) is 3.81. The molecule has 2 rings (SSSR count). The molecule has 1 aliphatic rings. The third-order valence-corrected chi connectivity index (χ3v) is 4.70. The van der Waals surface area contributed by atoms with E-state index in [2.05, 4.69) is 12.1 Å². The van der Waals surface area contributed by atoms with Gasteiger partial charge in [-0.05, 0) is 35.8 Å². The summed E-state index contributed by atoms with van der Waals surface area (Å²) in [6, 6.07) is 8.27. The lowest BCUT2D eigenvalue weighted by molar-refractivity contribution is 0.414. The van der Waals surface area contributed by atoms with Crippen molar-refractivity contribution in [2.24, 2.45) is 5.92 Å². The second-order valence-corrected chi connectivity index (χ2v) is 5.50. The van der Waals surface area contributed by atoms with Gasteiger partial charge in [0.1, 0.15) is 5.75 Å². The highest BCUT2D eigenvalue weighted by atomic mass is 35.5. The molecule has 0 saturated carbocycles. The first-order valence-corrected chi connectivity index (χ1v) is 6.73. The van der Waals surface area contributed by atoms with E-state index >= 15 is 0 Å². The largest absolute Gasteiger partial charge is 0.497 e. The number of benzene rings is 1. The third kappa shape index (κ3) is 2.82. The Morgan fingerprint density at radius 3 is 3.00 bits per heavy atom. The van der Waals surface area contributed by atoms with Crippen LogP contribution >= 0.6 is 23.4 Å². The molecule has 1 aliphatic heterocycles. The lowest BCUT2D eigenvalue weighted by Gasteiger charge is -2.13. The maximum atomic E-state index is 6.25. The van der Waals surface area contributed by atoms with Crippen molar-refractivity contribution in [1.82, 2.24) is 0 Å². The van der Waals surface area contributed by atoms with Gasteiger partial charge in [0.2, 0.25) is 0 Å². The van der Waals surface area contributed by atoms with E-state index in [4.69, 9.17) is 16.3 Å². The topological polar surface area (TPSA) is 9.23 Å². The summed E-state index contributed by atoms with van der Waals surface area (Å²) in [6.07, 6.45) is 1.07. The molecule has 1 fully saturated rings. The van der Waals surface area contributed by atoms with E-state index in [1.165, 1.54) is 11.3 Å². The zero-order valence-electron chi connectivity index (χ0n) is 8.78. The molecule has 0 aliphatic carbocycles. The summed E-state index contributed by atoms with van der Waals surface area (Å²) in [5.41, 5.74) is 1.33. The Morgan fingerprint density at radius 1 is 1.47 bits per heavy atom. The quantitative estimate of drug-likeness (QED) is 0.753. The minimum absolute atomic E-state index is 0.334. The smallest absolute Gasteiger partial charge is 0.119 e. The van der Waals surface area contributed by atoms with Gasteiger partial charge in [0.25, 0.3) is 0 Å². The van der Waals surface area contributed by atoms with Crippen LogP contribution in [-0.4, -0.2) is 24.0 Å². The molecule has 2 atom stereocenters. The molecule has 0 radical (unpaired) electrons. The summed E-state index contributed by atoms with van der Waals surface area (Å²) in [5.74, 6) is 3.83. The molecule has 1 aromatic carbocycles. The van der Waals surface area contributed by atoms with Crippen LogP contribution in [0.2, 0.25) is 0 Å². The monoisotopic (exact) mass is 242 g/mol. The van der Waals surface area contributed by atoms with Crippen molar-refractivity contribution >= 4 is 23.4 Å². The maximum absolute atomic E-state index is 6.25. The molecule has 15 heavy (non-hydrogen) atoms. The van der Waals surface area contributed by atoms with Gasteiger partial charge in [-0.3, -0.25) is 0 Å². The van der Waals surface area contributed by atoms with Crippen LogP contribution in [0.1, 0.15) is 5.56 Å². The molecule has 0 aromatic heterocycles. The van der Waals surface area contributed by atoms with Crippen molar-refractivity contribution in [2.75, 3.05) is 18.6 Å². The van der Waals surface area contributed by atoms with E-state index in [9.17, 15) is 0 Å². The highest BCUT2D eigenvalue weighted by Gasteiger charge is 2.25. The molecule has 82 valence electrons. The minimum atomic E-state index is 0.334. The highest BCUT2D eigenvalue weighted by molar-refractivity contribution is 7.99. The number of ether oxygens (including phenoxy) is 1. The van der Waals surface area contributed by atoms with Crippen molar-refractivity contribution in [2.45, 2.75) is 11.8 Å². The van der Waals surface area contributed by atoms with Crippen LogP contribution < -0.4 is 4.74 Å². The third-order valence-electron chi connectivity index (χ3n) is 2.75. The standard InChI is InChI=1S/C12H15ClOS/c1-14-11-4-2-3-9(6-11)5-10-7-15-8-12(10)13/h2-4,6,10,12H,5,7-8H2,1H3. The fraction of sp³-hybridized carbons (Fsp3) is 0.500. The first-order valence-electron chi connectivity index (χ1n) is 5.14. The molecule has 2 unspecified atom stereocenters. The first-order chi connectivity index (χ1) is 7.29. The Hall–Kier alpha value is -0.340. The Morgan fingerprint density at radius 2 is 2.33 bits per heavy atom. The fourth-order valence-electron chi connectivity index (χ4n) is 1.86. The lowest BCUT2D eigenvalue weighted by atomic mass is 9.98. The van der Waals surface area contributed by atoms with Crippen molar-refractivity contribution in [1.29, 1.82) is 0 Å². The number of alkyl halides is 1.